The molecule has 28 heavy (non-hydrogen) atoms. The quantitative estimate of drug-likeness (QED) is 0.843. The molecule has 0 radical (unpaired) electrons. The highest BCUT2D eigenvalue weighted by molar-refractivity contribution is 7.89. The molecule has 2 aromatic carbocycles. The van der Waals surface area contributed by atoms with E-state index in [0.717, 1.165) is 36.1 Å². The van der Waals surface area contributed by atoms with Gasteiger partial charge in [0.2, 0.25) is 0 Å². The van der Waals surface area contributed by atoms with Crippen LogP contribution >= 0.6 is 0 Å². The predicted octanol–water partition coefficient (Wildman–Crippen LogP) is 4.08. The van der Waals surface area contributed by atoms with Gasteiger partial charge in [-0.05, 0) is 43.9 Å². The second kappa shape index (κ2) is 7.35. The van der Waals surface area contributed by atoms with E-state index in [4.69, 9.17) is 4.74 Å². The van der Waals surface area contributed by atoms with Crippen LogP contribution in [0.1, 0.15) is 36.8 Å². The number of ether oxygens (including phenoxy) is 1. The van der Waals surface area contributed by atoms with Gasteiger partial charge in [-0.15, -0.1) is 0 Å². The van der Waals surface area contributed by atoms with E-state index in [1.54, 1.807) is 19.2 Å². The highest BCUT2D eigenvalue weighted by Crippen LogP contribution is 2.45. The van der Waals surface area contributed by atoms with Gasteiger partial charge in [-0.1, -0.05) is 64.9 Å². The molecule has 1 N–H and O–H groups in total. The molecular formula is C22H26N2O3S. The first kappa shape index (κ1) is 19.2. The van der Waals surface area contributed by atoms with Gasteiger partial charge < -0.3 is 10.2 Å². The van der Waals surface area contributed by atoms with E-state index in [9.17, 15) is 8.42 Å². The summed E-state index contributed by atoms with van der Waals surface area (Å²) >= 11 is 0. The maximum absolute atomic E-state index is 13.7. The molecule has 0 amide bonds. The number of hydrogen-bond donors (Lipinski definition) is 1. The summed E-state index contributed by atoms with van der Waals surface area (Å²) in [6, 6.07) is 16.8. The van der Waals surface area contributed by atoms with E-state index in [0.29, 0.717) is 6.42 Å². The summed E-state index contributed by atoms with van der Waals surface area (Å²) < 4.78 is 34.6. The van der Waals surface area contributed by atoms with E-state index in [-0.39, 0.29) is 10.8 Å². The molecule has 0 saturated heterocycles. The second-order valence-corrected chi connectivity index (χ2v) is 9.33. The average Bonchev–Trinajstić information content (AvgIpc) is 2.73. The SMILES string of the molecule is COC12CCCCC1C=C(c1ccccc1)NN2S(=O)(=O)c1ccc(C)cc1. The van der Waals surface area contributed by atoms with E-state index < -0.39 is 15.7 Å². The summed E-state index contributed by atoms with van der Waals surface area (Å²) in [5.41, 5.74) is 5.06. The first-order chi connectivity index (χ1) is 13.5. The number of hydrazine groups is 1. The Labute approximate surface area is 167 Å². The fraction of sp³-hybridized carbons (Fsp3) is 0.364. The van der Waals surface area contributed by atoms with Crippen molar-refractivity contribution in [1.82, 2.24) is 9.84 Å². The smallest absolute Gasteiger partial charge is 0.262 e. The van der Waals surface area contributed by atoms with Crippen molar-refractivity contribution in [3.63, 3.8) is 0 Å². The van der Waals surface area contributed by atoms with Gasteiger partial charge in [0.1, 0.15) is 0 Å². The van der Waals surface area contributed by atoms with Crippen LogP contribution in [0.3, 0.4) is 0 Å². The number of sulfonamides is 1. The summed E-state index contributed by atoms with van der Waals surface area (Å²) in [5.74, 6) is -0.0112. The molecule has 2 aliphatic rings. The van der Waals surface area contributed by atoms with Crippen molar-refractivity contribution in [3.05, 3.63) is 71.8 Å². The van der Waals surface area contributed by atoms with Gasteiger partial charge in [0.15, 0.2) is 5.72 Å². The Kier molecular flexibility index (Phi) is 5.04. The molecule has 1 aliphatic carbocycles. The number of aryl methyl sites for hydroxylation is 1. The molecule has 1 aliphatic heterocycles. The number of benzene rings is 2. The Morgan fingerprint density at radius 3 is 2.46 bits per heavy atom. The molecule has 4 rings (SSSR count). The number of methoxy groups -OCH3 is 1. The first-order valence-electron chi connectivity index (χ1n) is 9.68. The largest absolute Gasteiger partial charge is 0.360 e. The van der Waals surface area contributed by atoms with Gasteiger partial charge in [-0.25, -0.2) is 8.42 Å². The molecule has 1 fully saturated rings. The molecular weight excluding hydrogens is 372 g/mol. The lowest BCUT2D eigenvalue weighted by Gasteiger charge is -2.51. The molecule has 2 atom stereocenters. The Morgan fingerprint density at radius 1 is 1.07 bits per heavy atom. The first-order valence-corrected chi connectivity index (χ1v) is 11.1. The molecule has 1 heterocycles. The lowest BCUT2D eigenvalue weighted by atomic mass is 9.79. The third kappa shape index (κ3) is 3.15. The van der Waals surface area contributed by atoms with E-state index >= 15 is 0 Å². The molecule has 2 aromatic rings. The minimum atomic E-state index is -3.80. The van der Waals surface area contributed by atoms with E-state index in [1.807, 2.05) is 49.4 Å². The van der Waals surface area contributed by atoms with Crippen molar-refractivity contribution in [1.29, 1.82) is 0 Å². The molecule has 6 heteroatoms. The standard InChI is InChI=1S/C22H26N2O3S/c1-17-11-13-20(14-12-17)28(25,26)24-22(27-2)15-7-6-10-19(22)16-21(23-24)18-8-4-3-5-9-18/h3-5,8-9,11-14,16,19,23H,6-7,10,15H2,1-2H3. The van der Waals surface area contributed by atoms with Crippen LogP contribution in [-0.4, -0.2) is 25.7 Å². The fourth-order valence-electron chi connectivity index (χ4n) is 4.26. The molecule has 148 valence electrons. The van der Waals surface area contributed by atoms with Crippen LogP contribution in [0.5, 0.6) is 0 Å². The zero-order valence-electron chi connectivity index (χ0n) is 16.3. The maximum atomic E-state index is 13.7. The highest BCUT2D eigenvalue weighted by atomic mass is 32.2. The minimum absolute atomic E-state index is 0.0112. The van der Waals surface area contributed by atoms with Crippen molar-refractivity contribution in [3.8, 4) is 0 Å². The Balaban J connectivity index is 1.83. The normalized spacial score (nSPS) is 25.5. The van der Waals surface area contributed by atoms with Gasteiger partial charge in [-0.2, -0.15) is 0 Å². The Hall–Kier alpha value is -2.15. The summed E-state index contributed by atoms with van der Waals surface area (Å²) in [5, 5.41) is 0. The fourth-order valence-corrected chi connectivity index (χ4v) is 5.87. The molecule has 0 bridgehead atoms. The van der Waals surface area contributed by atoms with E-state index in [1.165, 1.54) is 4.41 Å². The molecule has 2 unspecified atom stereocenters. The van der Waals surface area contributed by atoms with Gasteiger partial charge >= 0.3 is 0 Å². The van der Waals surface area contributed by atoms with Crippen LogP contribution in [0.2, 0.25) is 0 Å². The highest BCUT2D eigenvalue weighted by Gasteiger charge is 2.53. The zero-order chi connectivity index (χ0) is 19.8. The number of rotatable bonds is 4. The number of nitrogens with one attached hydrogen (secondary N) is 1. The average molecular weight is 399 g/mol. The summed E-state index contributed by atoms with van der Waals surface area (Å²) in [6.45, 7) is 1.94. The molecule has 0 aromatic heterocycles. The van der Waals surface area contributed by atoms with Crippen molar-refractivity contribution in [2.75, 3.05) is 7.11 Å². The minimum Gasteiger partial charge on any atom is -0.360 e. The number of nitrogens with zero attached hydrogens (tertiary/aromatic N) is 1. The maximum Gasteiger partial charge on any atom is 0.262 e. The summed E-state index contributed by atoms with van der Waals surface area (Å²) in [4.78, 5) is 0.265. The third-order valence-corrected chi connectivity index (χ3v) is 7.56. The van der Waals surface area contributed by atoms with Crippen molar-refractivity contribution < 1.29 is 13.2 Å². The topological polar surface area (TPSA) is 58.6 Å². The molecule has 5 nitrogen and oxygen atoms in total. The van der Waals surface area contributed by atoms with Gasteiger partial charge in [-0.3, -0.25) is 0 Å². The van der Waals surface area contributed by atoms with Gasteiger partial charge in [0.05, 0.1) is 10.6 Å². The zero-order valence-corrected chi connectivity index (χ0v) is 17.1. The van der Waals surface area contributed by atoms with Crippen LogP contribution in [-0.2, 0) is 14.8 Å². The number of fused-ring (bicyclic) bond motifs is 1. The van der Waals surface area contributed by atoms with Gasteiger partial charge in [0.25, 0.3) is 10.0 Å². The lowest BCUT2D eigenvalue weighted by Crippen LogP contribution is -2.65. The third-order valence-electron chi connectivity index (χ3n) is 5.81. The monoisotopic (exact) mass is 398 g/mol. The Morgan fingerprint density at radius 2 is 1.79 bits per heavy atom. The van der Waals surface area contributed by atoms with Crippen LogP contribution in [0.4, 0.5) is 0 Å². The molecule has 1 saturated carbocycles. The van der Waals surface area contributed by atoms with Gasteiger partial charge in [0, 0.05) is 13.0 Å². The van der Waals surface area contributed by atoms with Crippen LogP contribution in [0.25, 0.3) is 5.70 Å². The van der Waals surface area contributed by atoms with Crippen molar-refractivity contribution >= 4 is 15.7 Å². The second-order valence-electron chi connectivity index (χ2n) is 7.54. The van der Waals surface area contributed by atoms with Crippen LogP contribution in [0, 0.1) is 12.8 Å². The summed E-state index contributed by atoms with van der Waals surface area (Å²) in [7, 11) is -2.19. The predicted molar refractivity (Wildman–Crippen MR) is 109 cm³/mol. The molecule has 0 spiro atoms. The lowest BCUT2D eigenvalue weighted by molar-refractivity contribution is -0.159. The van der Waals surface area contributed by atoms with Crippen molar-refractivity contribution in [2.24, 2.45) is 5.92 Å². The summed E-state index contributed by atoms with van der Waals surface area (Å²) in [6.07, 6.45) is 5.68. The Bertz CT molecular complexity index is 971. The number of hydrogen-bond acceptors (Lipinski definition) is 4. The van der Waals surface area contributed by atoms with Crippen molar-refractivity contribution in [2.45, 2.75) is 43.2 Å². The van der Waals surface area contributed by atoms with Crippen LogP contribution < -0.4 is 5.43 Å². The van der Waals surface area contributed by atoms with Crippen LogP contribution in [0.15, 0.2) is 65.6 Å². The van der Waals surface area contributed by atoms with E-state index in [2.05, 4.69) is 11.5 Å².